The minimum absolute atomic E-state index is 0.0667. The first-order chi connectivity index (χ1) is 6.96. The Morgan fingerprint density at radius 3 is 2.67 bits per heavy atom. The molecule has 0 aromatic carbocycles. The molecule has 1 aromatic rings. The SMILES string of the molecule is COC(C)(C)CCC(N)c1sccc1C. The Morgan fingerprint density at radius 1 is 1.53 bits per heavy atom. The fourth-order valence-electron chi connectivity index (χ4n) is 1.50. The number of rotatable bonds is 5. The second-order valence-corrected chi connectivity index (χ2v) is 5.52. The maximum atomic E-state index is 6.16. The van der Waals surface area contributed by atoms with Gasteiger partial charge < -0.3 is 10.5 Å². The highest BCUT2D eigenvalue weighted by molar-refractivity contribution is 7.10. The van der Waals surface area contributed by atoms with Gasteiger partial charge in [-0.3, -0.25) is 0 Å². The van der Waals surface area contributed by atoms with E-state index >= 15 is 0 Å². The number of hydrogen-bond donors (Lipinski definition) is 1. The molecule has 0 saturated carbocycles. The average molecular weight is 227 g/mol. The van der Waals surface area contributed by atoms with Crippen LogP contribution in [0.2, 0.25) is 0 Å². The topological polar surface area (TPSA) is 35.2 Å². The summed E-state index contributed by atoms with van der Waals surface area (Å²) in [6.07, 6.45) is 1.96. The van der Waals surface area contributed by atoms with E-state index in [1.54, 1.807) is 18.4 Å². The first-order valence-corrected chi connectivity index (χ1v) is 6.19. The number of aryl methyl sites for hydroxylation is 1. The summed E-state index contributed by atoms with van der Waals surface area (Å²) in [4.78, 5) is 1.31. The van der Waals surface area contributed by atoms with Crippen molar-refractivity contribution in [3.63, 3.8) is 0 Å². The average Bonchev–Trinajstić information content (AvgIpc) is 2.61. The van der Waals surface area contributed by atoms with Crippen molar-refractivity contribution in [3.8, 4) is 0 Å². The Labute approximate surface area is 96.4 Å². The van der Waals surface area contributed by atoms with E-state index in [-0.39, 0.29) is 11.6 Å². The number of hydrogen-bond acceptors (Lipinski definition) is 3. The van der Waals surface area contributed by atoms with Gasteiger partial charge in [-0.15, -0.1) is 11.3 Å². The molecular formula is C12H21NOS. The molecule has 86 valence electrons. The largest absolute Gasteiger partial charge is 0.379 e. The second kappa shape index (κ2) is 5.10. The summed E-state index contributed by atoms with van der Waals surface area (Å²) in [5, 5.41) is 2.10. The molecule has 2 nitrogen and oxygen atoms in total. The molecule has 1 heterocycles. The second-order valence-electron chi connectivity index (χ2n) is 4.58. The molecule has 0 radical (unpaired) electrons. The van der Waals surface area contributed by atoms with E-state index < -0.39 is 0 Å². The Bertz CT molecular complexity index is 306. The zero-order chi connectivity index (χ0) is 11.5. The van der Waals surface area contributed by atoms with E-state index in [4.69, 9.17) is 10.5 Å². The molecule has 0 aliphatic heterocycles. The van der Waals surface area contributed by atoms with Crippen molar-refractivity contribution in [3.05, 3.63) is 21.9 Å². The molecule has 0 aliphatic carbocycles. The first-order valence-electron chi connectivity index (χ1n) is 5.31. The van der Waals surface area contributed by atoms with Gasteiger partial charge in [0, 0.05) is 18.0 Å². The van der Waals surface area contributed by atoms with Gasteiger partial charge in [-0.05, 0) is 50.6 Å². The van der Waals surface area contributed by atoms with E-state index in [9.17, 15) is 0 Å². The summed E-state index contributed by atoms with van der Waals surface area (Å²) in [5.74, 6) is 0. The fourth-order valence-corrected chi connectivity index (χ4v) is 2.47. The van der Waals surface area contributed by atoms with Crippen LogP contribution < -0.4 is 5.73 Å². The Hall–Kier alpha value is -0.380. The van der Waals surface area contributed by atoms with Gasteiger partial charge in [-0.25, -0.2) is 0 Å². The fraction of sp³-hybridized carbons (Fsp3) is 0.667. The lowest BCUT2D eigenvalue weighted by molar-refractivity contribution is 0.0125. The summed E-state index contributed by atoms with van der Waals surface area (Å²) in [6, 6.07) is 2.28. The van der Waals surface area contributed by atoms with E-state index in [1.165, 1.54) is 10.4 Å². The molecule has 0 amide bonds. The van der Waals surface area contributed by atoms with Gasteiger partial charge in [0.1, 0.15) is 0 Å². The van der Waals surface area contributed by atoms with Crippen molar-refractivity contribution >= 4 is 11.3 Å². The maximum absolute atomic E-state index is 6.16. The predicted octanol–water partition coefficient (Wildman–Crippen LogP) is 3.26. The van der Waals surface area contributed by atoms with Crippen LogP contribution in [0, 0.1) is 6.92 Å². The Morgan fingerprint density at radius 2 is 2.20 bits per heavy atom. The van der Waals surface area contributed by atoms with Crippen LogP contribution in [0.5, 0.6) is 0 Å². The van der Waals surface area contributed by atoms with E-state index in [0.29, 0.717) is 0 Å². The minimum Gasteiger partial charge on any atom is -0.379 e. The third-order valence-electron chi connectivity index (χ3n) is 2.85. The molecule has 0 fully saturated rings. The molecule has 0 aliphatic rings. The van der Waals surface area contributed by atoms with Gasteiger partial charge in [0.15, 0.2) is 0 Å². The lowest BCUT2D eigenvalue weighted by Crippen LogP contribution is -2.24. The molecule has 1 unspecified atom stereocenters. The van der Waals surface area contributed by atoms with Crippen molar-refractivity contribution in [2.45, 2.75) is 45.3 Å². The zero-order valence-corrected chi connectivity index (χ0v) is 10.9. The minimum atomic E-state index is -0.0667. The highest BCUT2D eigenvalue weighted by Gasteiger charge is 2.19. The van der Waals surface area contributed by atoms with Gasteiger partial charge >= 0.3 is 0 Å². The number of ether oxygens (including phenoxy) is 1. The molecule has 2 N–H and O–H groups in total. The standard InChI is InChI=1S/C12H21NOS/c1-9-6-8-15-11(9)10(13)5-7-12(2,3)14-4/h6,8,10H,5,7,13H2,1-4H3. The summed E-state index contributed by atoms with van der Waals surface area (Å²) in [7, 11) is 1.75. The van der Waals surface area contributed by atoms with Gasteiger partial charge in [0.05, 0.1) is 5.60 Å². The highest BCUT2D eigenvalue weighted by atomic mass is 32.1. The Kier molecular flexibility index (Phi) is 4.32. The summed E-state index contributed by atoms with van der Waals surface area (Å²) in [6.45, 7) is 6.31. The third-order valence-corrected chi connectivity index (χ3v) is 4.00. The van der Waals surface area contributed by atoms with Crippen LogP contribution in [-0.2, 0) is 4.74 Å². The summed E-state index contributed by atoms with van der Waals surface area (Å²) < 4.78 is 5.38. The third kappa shape index (κ3) is 3.59. The van der Waals surface area contributed by atoms with Crippen molar-refractivity contribution in [1.82, 2.24) is 0 Å². The van der Waals surface area contributed by atoms with Gasteiger partial charge in [0.2, 0.25) is 0 Å². The van der Waals surface area contributed by atoms with Crippen LogP contribution in [0.25, 0.3) is 0 Å². The maximum Gasteiger partial charge on any atom is 0.0623 e. The quantitative estimate of drug-likeness (QED) is 0.838. The summed E-state index contributed by atoms with van der Waals surface area (Å²) in [5.41, 5.74) is 7.40. The molecular weight excluding hydrogens is 206 g/mol. The van der Waals surface area contributed by atoms with Gasteiger partial charge in [0.25, 0.3) is 0 Å². The van der Waals surface area contributed by atoms with E-state index in [1.807, 2.05) is 0 Å². The van der Waals surface area contributed by atoms with Crippen LogP contribution in [0.4, 0.5) is 0 Å². The number of nitrogens with two attached hydrogens (primary N) is 1. The molecule has 0 spiro atoms. The first kappa shape index (κ1) is 12.7. The highest BCUT2D eigenvalue weighted by Crippen LogP contribution is 2.28. The van der Waals surface area contributed by atoms with Crippen LogP contribution in [0.3, 0.4) is 0 Å². The molecule has 15 heavy (non-hydrogen) atoms. The summed E-state index contributed by atoms with van der Waals surface area (Å²) >= 11 is 1.75. The van der Waals surface area contributed by atoms with Crippen LogP contribution in [0.1, 0.15) is 43.2 Å². The number of thiophene rings is 1. The van der Waals surface area contributed by atoms with Crippen LogP contribution in [0.15, 0.2) is 11.4 Å². The van der Waals surface area contributed by atoms with Crippen LogP contribution >= 0.6 is 11.3 Å². The lowest BCUT2D eigenvalue weighted by atomic mass is 9.98. The molecule has 3 heteroatoms. The van der Waals surface area contributed by atoms with Crippen molar-refractivity contribution in [2.75, 3.05) is 7.11 Å². The normalized spacial score (nSPS) is 14.2. The molecule has 0 bridgehead atoms. The molecule has 1 atom stereocenters. The monoisotopic (exact) mass is 227 g/mol. The van der Waals surface area contributed by atoms with Gasteiger partial charge in [-0.2, -0.15) is 0 Å². The molecule has 1 rings (SSSR count). The van der Waals surface area contributed by atoms with E-state index in [0.717, 1.165) is 12.8 Å². The van der Waals surface area contributed by atoms with E-state index in [2.05, 4.69) is 32.2 Å². The number of methoxy groups -OCH3 is 1. The molecule has 1 aromatic heterocycles. The van der Waals surface area contributed by atoms with Crippen molar-refractivity contribution in [2.24, 2.45) is 5.73 Å². The lowest BCUT2D eigenvalue weighted by Gasteiger charge is -2.24. The van der Waals surface area contributed by atoms with Crippen molar-refractivity contribution < 1.29 is 4.74 Å². The van der Waals surface area contributed by atoms with Crippen LogP contribution in [-0.4, -0.2) is 12.7 Å². The molecule has 0 saturated heterocycles. The van der Waals surface area contributed by atoms with Crippen molar-refractivity contribution in [1.29, 1.82) is 0 Å². The smallest absolute Gasteiger partial charge is 0.0623 e. The Balaban J connectivity index is 2.50. The zero-order valence-electron chi connectivity index (χ0n) is 10.0. The van der Waals surface area contributed by atoms with Gasteiger partial charge in [-0.1, -0.05) is 0 Å². The predicted molar refractivity (Wildman–Crippen MR) is 66.3 cm³/mol.